The zero-order valence-corrected chi connectivity index (χ0v) is 22.1. The number of benzene rings is 1. The van der Waals surface area contributed by atoms with Crippen LogP contribution in [-0.2, 0) is 40.6 Å². The summed E-state index contributed by atoms with van der Waals surface area (Å²) < 4.78 is 31.4. The van der Waals surface area contributed by atoms with E-state index in [0.717, 1.165) is 10.1 Å². The van der Waals surface area contributed by atoms with Gasteiger partial charge in [0.2, 0.25) is 11.8 Å². The van der Waals surface area contributed by atoms with Gasteiger partial charge >= 0.3 is 13.3 Å². The van der Waals surface area contributed by atoms with Crippen LogP contribution in [0.3, 0.4) is 0 Å². The molecule has 1 aliphatic rings. The Hall–Kier alpha value is -3.05. The van der Waals surface area contributed by atoms with Crippen molar-refractivity contribution in [2.75, 3.05) is 25.1 Å². The van der Waals surface area contributed by atoms with Crippen LogP contribution in [0.2, 0.25) is 0 Å². The minimum absolute atomic E-state index is 0.118. The second kappa shape index (κ2) is 13.0. The normalized spacial score (nSPS) is 17.5. The molecule has 0 unspecified atom stereocenters. The van der Waals surface area contributed by atoms with Gasteiger partial charge < -0.3 is 24.4 Å². The SMILES string of the molecule is CCOP(=O)(Cc1ccc(NC(=O)CNC(=O)[C@@H]2CC[C@H](n3ccc(=O)n(CC)c3=O)O2)cc1)OCC. The fourth-order valence-electron chi connectivity index (χ4n) is 3.98. The molecule has 0 saturated carbocycles. The van der Waals surface area contributed by atoms with Crippen LogP contribution in [0.4, 0.5) is 5.69 Å². The van der Waals surface area contributed by atoms with Gasteiger partial charge in [-0.15, -0.1) is 0 Å². The van der Waals surface area contributed by atoms with Crippen molar-refractivity contribution in [1.82, 2.24) is 14.5 Å². The third-order valence-electron chi connectivity index (χ3n) is 5.70. The Morgan fingerprint density at radius 1 is 1.05 bits per heavy atom. The third kappa shape index (κ3) is 7.48. The standard InChI is InChI=1S/C24H33N4O8P/c1-4-27-21(30)13-14-28(24(27)32)22-12-11-19(36-22)23(31)25-15-20(29)26-18-9-7-17(8-10-18)16-37(33,34-5-2)35-6-3/h7-10,13-14,19,22H,4-6,11-12,15-16H2,1-3H3,(H,25,31)(H,26,29)/t19-,22+/m0/s1. The highest BCUT2D eigenvalue weighted by atomic mass is 31.2. The Morgan fingerprint density at radius 3 is 2.35 bits per heavy atom. The van der Waals surface area contributed by atoms with Gasteiger partial charge in [0.05, 0.1) is 25.9 Å². The predicted octanol–water partition coefficient (Wildman–Crippen LogP) is 2.23. The van der Waals surface area contributed by atoms with Gasteiger partial charge in [-0.25, -0.2) is 4.79 Å². The third-order valence-corrected chi connectivity index (χ3v) is 7.76. The first-order valence-corrected chi connectivity index (χ1v) is 13.9. The Labute approximate surface area is 214 Å². The Balaban J connectivity index is 1.49. The molecule has 1 aliphatic heterocycles. The topological polar surface area (TPSA) is 147 Å². The molecular weight excluding hydrogens is 503 g/mol. The minimum atomic E-state index is -3.23. The molecule has 0 radical (unpaired) electrons. The number of anilines is 1. The number of ether oxygens (including phenoxy) is 1. The maximum atomic E-state index is 12.7. The molecule has 0 spiro atoms. The maximum absolute atomic E-state index is 12.7. The monoisotopic (exact) mass is 536 g/mol. The summed E-state index contributed by atoms with van der Waals surface area (Å²) in [7, 11) is -3.23. The maximum Gasteiger partial charge on any atom is 0.335 e. The second-order valence-electron chi connectivity index (χ2n) is 8.31. The van der Waals surface area contributed by atoms with Crippen LogP contribution >= 0.6 is 7.60 Å². The zero-order chi connectivity index (χ0) is 27.0. The highest BCUT2D eigenvalue weighted by Gasteiger charge is 2.32. The molecular formula is C24H33N4O8P. The Morgan fingerprint density at radius 2 is 1.73 bits per heavy atom. The van der Waals surface area contributed by atoms with Crippen molar-refractivity contribution in [3.8, 4) is 0 Å². The average Bonchev–Trinajstić information content (AvgIpc) is 3.34. The lowest BCUT2D eigenvalue weighted by Gasteiger charge is -2.17. The smallest absolute Gasteiger partial charge is 0.335 e. The molecule has 1 saturated heterocycles. The summed E-state index contributed by atoms with van der Waals surface area (Å²) in [6.07, 6.45) is 0.773. The number of amides is 2. The van der Waals surface area contributed by atoms with Crippen molar-refractivity contribution in [2.24, 2.45) is 0 Å². The van der Waals surface area contributed by atoms with E-state index in [2.05, 4.69) is 10.6 Å². The quantitative estimate of drug-likeness (QED) is 0.393. The van der Waals surface area contributed by atoms with Crippen molar-refractivity contribution in [1.29, 1.82) is 0 Å². The molecule has 2 amide bonds. The molecule has 0 aliphatic carbocycles. The van der Waals surface area contributed by atoms with E-state index in [1.165, 1.54) is 16.8 Å². The van der Waals surface area contributed by atoms with Crippen molar-refractivity contribution in [3.63, 3.8) is 0 Å². The average molecular weight is 537 g/mol. The van der Waals surface area contributed by atoms with Crippen molar-refractivity contribution < 1.29 is 27.9 Å². The lowest BCUT2D eigenvalue weighted by molar-refractivity contribution is -0.135. The number of carbonyl (C=O) groups is 2. The highest BCUT2D eigenvalue weighted by Crippen LogP contribution is 2.51. The predicted molar refractivity (Wildman–Crippen MR) is 136 cm³/mol. The summed E-state index contributed by atoms with van der Waals surface area (Å²) in [6.45, 7) is 5.70. The Bertz CT molecular complexity index is 1250. The summed E-state index contributed by atoms with van der Waals surface area (Å²) in [5.41, 5.74) is 0.351. The van der Waals surface area contributed by atoms with Crippen LogP contribution in [-0.4, -0.2) is 46.8 Å². The number of hydrogen-bond acceptors (Lipinski definition) is 8. The van der Waals surface area contributed by atoms with E-state index in [1.54, 1.807) is 45.0 Å². The first-order chi connectivity index (χ1) is 17.7. The lowest BCUT2D eigenvalue weighted by Crippen LogP contribution is -2.41. The number of hydrogen-bond donors (Lipinski definition) is 2. The number of carbonyl (C=O) groups excluding carboxylic acids is 2. The fraction of sp³-hybridized carbons (Fsp3) is 0.500. The molecule has 2 aromatic rings. The van der Waals surface area contributed by atoms with Gasteiger partial charge in [-0.2, -0.15) is 0 Å². The summed E-state index contributed by atoms with van der Waals surface area (Å²) in [5.74, 6) is -0.899. The van der Waals surface area contributed by atoms with E-state index in [1.807, 2.05) is 0 Å². The number of aromatic nitrogens is 2. The van der Waals surface area contributed by atoms with Gasteiger partial charge in [-0.3, -0.25) is 28.1 Å². The summed E-state index contributed by atoms with van der Waals surface area (Å²) in [5, 5.41) is 5.23. The highest BCUT2D eigenvalue weighted by molar-refractivity contribution is 7.53. The number of nitrogens with one attached hydrogen (secondary N) is 2. The van der Waals surface area contributed by atoms with Gasteiger partial charge in [-0.1, -0.05) is 12.1 Å². The van der Waals surface area contributed by atoms with Crippen LogP contribution < -0.4 is 21.9 Å². The molecule has 1 fully saturated rings. The van der Waals surface area contributed by atoms with E-state index in [0.29, 0.717) is 18.5 Å². The summed E-state index contributed by atoms with van der Waals surface area (Å²) in [6, 6.07) is 8.05. The lowest BCUT2D eigenvalue weighted by atomic mass is 10.2. The van der Waals surface area contributed by atoms with Crippen molar-refractivity contribution >= 4 is 25.1 Å². The minimum Gasteiger partial charge on any atom is -0.345 e. The van der Waals surface area contributed by atoms with E-state index < -0.39 is 43.0 Å². The summed E-state index contributed by atoms with van der Waals surface area (Å²) >= 11 is 0. The van der Waals surface area contributed by atoms with Gasteiger partial charge in [0.1, 0.15) is 12.3 Å². The first kappa shape index (κ1) is 28.5. The number of nitrogens with zero attached hydrogens (tertiary/aromatic N) is 2. The van der Waals surface area contributed by atoms with Crippen molar-refractivity contribution in [2.45, 2.75) is 58.7 Å². The molecule has 13 heteroatoms. The number of rotatable bonds is 12. The zero-order valence-electron chi connectivity index (χ0n) is 21.2. The molecule has 1 aromatic carbocycles. The van der Waals surface area contributed by atoms with Crippen LogP contribution in [0.25, 0.3) is 0 Å². The Kier molecular flexibility index (Phi) is 9.99. The van der Waals surface area contributed by atoms with Gasteiger partial charge in [0.15, 0.2) is 0 Å². The molecule has 2 atom stereocenters. The molecule has 12 nitrogen and oxygen atoms in total. The van der Waals surface area contributed by atoms with E-state index >= 15 is 0 Å². The molecule has 2 heterocycles. The molecule has 1 aromatic heterocycles. The summed E-state index contributed by atoms with van der Waals surface area (Å²) in [4.78, 5) is 49.1. The van der Waals surface area contributed by atoms with Crippen LogP contribution in [0.15, 0.2) is 46.1 Å². The van der Waals surface area contributed by atoms with Gasteiger partial charge in [-0.05, 0) is 51.3 Å². The van der Waals surface area contributed by atoms with E-state index in [4.69, 9.17) is 13.8 Å². The molecule has 37 heavy (non-hydrogen) atoms. The van der Waals surface area contributed by atoms with Gasteiger partial charge in [0, 0.05) is 24.5 Å². The van der Waals surface area contributed by atoms with Crippen molar-refractivity contribution in [3.05, 3.63) is 62.9 Å². The van der Waals surface area contributed by atoms with Crippen LogP contribution in [0.5, 0.6) is 0 Å². The molecule has 2 N–H and O–H groups in total. The van der Waals surface area contributed by atoms with E-state index in [-0.39, 0.29) is 32.5 Å². The molecule has 3 rings (SSSR count). The van der Waals surface area contributed by atoms with E-state index in [9.17, 15) is 23.7 Å². The molecule has 202 valence electrons. The fourth-order valence-corrected chi connectivity index (χ4v) is 5.69. The largest absolute Gasteiger partial charge is 0.345 e. The second-order valence-corrected chi connectivity index (χ2v) is 10.4. The van der Waals surface area contributed by atoms with Crippen LogP contribution in [0, 0.1) is 0 Å². The van der Waals surface area contributed by atoms with Gasteiger partial charge in [0.25, 0.3) is 5.56 Å². The molecule has 0 bridgehead atoms. The van der Waals surface area contributed by atoms with Crippen LogP contribution in [0.1, 0.15) is 45.4 Å². The first-order valence-electron chi connectivity index (χ1n) is 12.2.